The van der Waals surface area contributed by atoms with E-state index in [1.165, 1.54) is 24.3 Å². The van der Waals surface area contributed by atoms with Gasteiger partial charge in [0, 0.05) is 36.9 Å². The van der Waals surface area contributed by atoms with Gasteiger partial charge in [0.1, 0.15) is 23.4 Å². The van der Waals surface area contributed by atoms with E-state index < -0.39 is 16.8 Å². The number of non-ortho nitro benzene ring substituents is 1. The highest BCUT2D eigenvalue weighted by molar-refractivity contribution is 7.80. The first-order valence-corrected chi connectivity index (χ1v) is 12.2. The van der Waals surface area contributed by atoms with Gasteiger partial charge in [0.2, 0.25) is 5.91 Å². The number of aromatic nitrogens is 1. The number of nitro benzene ring substituents is 1. The van der Waals surface area contributed by atoms with Gasteiger partial charge in [-0.1, -0.05) is 18.2 Å². The van der Waals surface area contributed by atoms with Crippen LogP contribution in [-0.2, 0) is 4.79 Å². The lowest BCUT2D eigenvalue weighted by Gasteiger charge is -2.25. The number of halogens is 1. The van der Waals surface area contributed by atoms with Crippen molar-refractivity contribution >= 4 is 34.6 Å². The number of pyridine rings is 1. The molecule has 0 aliphatic carbocycles. The number of nitrogens with zero attached hydrogens (tertiary/aromatic N) is 3. The Morgan fingerprint density at radius 1 is 1.11 bits per heavy atom. The number of nitrogens with one attached hydrogen (secondary N) is 2. The highest BCUT2D eigenvalue weighted by atomic mass is 32.1. The van der Waals surface area contributed by atoms with Crippen molar-refractivity contribution in [1.82, 2.24) is 15.2 Å². The smallest absolute Gasteiger partial charge is 0.269 e. The zero-order valence-electron chi connectivity index (χ0n) is 19.9. The van der Waals surface area contributed by atoms with Crippen LogP contribution < -0.4 is 10.6 Å². The number of para-hydroxylation sites is 1. The number of carbonyl (C=O) groups excluding carboxylic acids is 1. The predicted molar refractivity (Wildman–Crippen MR) is 143 cm³/mol. The maximum Gasteiger partial charge on any atom is 0.269 e. The molecule has 9 nitrogen and oxygen atoms in total. The molecule has 0 saturated carbocycles. The van der Waals surface area contributed by atoms with E-state index in [2.05, 4.69) is 15.6 Å². The van der Waals surface area contributed by atoms with E-state index in [0.29, 0.717) is 22.2 Å². The number of hydrogen-bond acceptors (Lipinski definition) is 6. The van der Waals surface area contributed by atoms with Crippen LogP contribution in [0.25, 0.3) is 11.3 Å². The Bertz CT molecular complexity index is 1480. The summed E-state index contributed by atoms with van der Waals surface area (Å²) in [4.78, 5) is 29.5. The van der Waals surface area contributed by atoms with Gasteiger partial charge < -0.3 is 20.0 Å². The first-order valence-electron chi connectivity index (χ1n) is 11.8. The number of carbonyl (C=O) groups is 1. The summed E-state index contributed by atoms with van der Waals surface area (Å²) in [6.07, 6.45) is 1.74. The van der Waals surface area contributed by atoms with E-state index in [0.717, 1.165) is 5.69 Å². The molecule has 2 aromatic carbocycles. The molecule has 1 fully saturated rings. The molecule has 2 atom stereocenters. The number of hydrogen-bond donors (Lipinski definition) is 2. The average Bonchev–Trinajstić information content (AvgIpc) is 3.54. The van der Waals surface area contributed by atoms with Gasteiger partial charge in [0.15, 0.2) is 5.11 Å². The van der Waals surface area contributed by atoms with Crippen molar-refractivity contribution in [2.45, 2.75) is 18.5 Å². The van der Waals surface area contributed by atoms with Gasteiger partial charge in [0.25, 0.3) is 5.69 Å². The van der Waals surface area contributed by atoms with E-state index in [1.807, 2.05) is 29.2 Å². The highest BCUT2D eigenvalue weighted by Gasteiger charge is 2.41. The Morgan fingerprint density at radius 3 is 2.58 bits per heavy atom. The zero-order chi connectivity index (χ0) is 26.6. The quantitative estimate of drug-likeness (QED) is 0.177. The van der Waals surface area contributed by atoms with Crippen LogP contribution in [0.1, 0.15) is 30.0 Å². The lowest BCUT2D eigenvalue weighted by atomic mass is 10.0. The van der Waals surface area contributed by atoms with Crippen LogP contribution in [0.5, 0.6) is 0 Å². The van der Waals surface area contributed by atoms with Crippen LogP contribution in [0.4, 0.5) is 15.8 Å². The highest BCUT2D eigenvalue weighted by Crippen LogP contribution is 2.40. The van der Waals surface area contributed by atoms with Gasteiger partial charge in [-0.3, -0.25) is 19.9 Å². The van der Waals surface area contributed by atoms with E-state index in [4.69, 9.17) is 16.6 Å². The molecule has 4 aromatic rings. The van der Waals surface area contributed by atoms with E-state index in [9.17, 15) is 19.3 Å². The Kier molecular flexibility index (Phi) is 7.09. The van der Waals surface area contributed by atoms with E-state index in [-0.39, 0.29) is 36.3 Å². The maximum atomic E-state index is 14.0. The molecule has 5 rings (SSSR count). The minimum atomic E-state index is -0.512. The molecule has 0 radical (unpaired) electrons. The topological polar surface area (TPSA) is 114 Å². The molecule has 1 aliphatic rings. The number of amides is 1. The summed E-state index contributed by atoms with van der Waals surface area (Å²) in [6, 6.07) is 20.5. The second kappa shape index (κ2) is 10.8. The third-order valence-corrected chi connectivity index (χ3v) is 6.56. The third kappa shape index (κ3) is 5.23. The van der Waals surface area contributed by atoms with E-state index in [1.54, 1.807) is 36.5 Å². The molecule has 1 aliphatic heterocycles. The van der Waals surface area contributed by atoms with Crippen molar-refractivity contribution in [3.8, 4) is 11.3 Å². The summed E-state index contributed by atoms with van der Waals surface area (Å²) in [5.74, 6) is 0.242. The van der Waals surface area contributed by atoms with Crippen LogP contribution in [0.3, 0.4) is 0 Å². The van der Waals surface area contributed by atoms with Gasteiger partial charge in [-0.05, 0) is 60.7 Å². The molecule has 192 valence electrons. The second-order valence-electron chi connectivity index (χ2n) is 8.60. The zero-order valence-corrected chi connectivity index (χ0v) is 20.7. The minimum Gasteiger partial charge on any atom is -0.459 e. The first kappa shape index (κ1) is 25.0. The molecule has 1 amide bonds. The summed E-state index contributed by atoms with van der Waals surface area (Å²) in [5.41, 5.74) is 1.52. The molecule has 2 N–H and O–H groups in total. The van der Waals surface area contributed by atoms with Gasteiger partial charge in [-0.15, -0.1) is 0 Å². The Morgan fingerprint density at radius 2 is 1.87 bits per heavy atom. The number of thiocarbonyl (C=S) groups is 1. The molecule has 0 unspecified atom stereocenters. The lowest BCUT2D eigenvalue weighted by Crippen LogP contribution is -2.32. The van der Waals surface area contributed by atoms with Crippen LogP contribution >= 0.6 is 12.2 Å². The summed E-state index contributed by atoms with van der Waals surface area (Å²) >= 11 is 5.63. The molecule has 0 spiro atoms. The average molecular weight is 532 g/mol. The molecular weight excluding hydrogens is 509 g/mol. The molecule has 11 heteroatoms. The number of anilines is 1. The summed E-state index contributed by atoms with van der Waals surface area (Å²) < 4.78 is 20.2. The first-order chi connectivity index (χ1) is 18.4. The largest absolute Gasteiger partial charge is 0.459 e. The minimum absolute atomic E-state index is 0.0130. The van der Waals surface area contributed by atoms with Gasteiger partial charge in [-0.2, -0.15) is 0 Å². The monoisotopic (exact) mass is 531 g/mol. The van der Waals surface area contributed by atoms with Crippen LogP contribution in [0.2, 0.25) is 0 Å². The van der Waals surface area contributed by atoms with Gasteiger partial charge >= 0.3 is 0 Å². The fourth-order valence-corrected chi connectivity index (χ4v) is 4.70. The Balaban J connectivity index is 1.40. The maximum absolute atomic E-state index is 14.0. The lowest BCUT2D eigenvalue weighted by molar-refractivity contribution is -0.384. The molecular formula is C27H22FN5O4S. The predicted octanol–water partition coefficient (Wildman–Crippen LogP) is 5.39. The molecule has 2 aromatic heterocycles. The summed E-state index contributed by atoms with van der Waals surface area (Å²) in [6.45, 7) is 0.244. The summed E-state index contributed by atoms with van der Waals surface area (Å²) in [7, 11) is 0. The number of rotatable bonds is 8. The van der Waals surface area contributed by atoms with Crippen molar-refractivity contribution in [2.75, 3.05) is 11.9 Å². The molecule has 38 heavy (non-hydrogen) atoms. The van der Waals surface area contributed by atoms with Crippen LogP contribution in [-0.4, -0.2) is 32.4 Å². The molecule has 0 bridgehead atoms. The molecule has 1 saturated heterocycles. The van der Waals surface area contributed by atoms with Crippen molar-refractivity contribution in [2.24, 2.45) is 0 Å². The van der Waals surface area contributed by atoms with Crippen molar-refractivity contribution < 1.29 is 18.5 Å². The van der Waals surface area contributed by atoms with E-state index >= 15 is 0 Å². The fourth-order valence-electron chi connectivity index (χ4n) is 4.37. The number of nitro groups is 1. The third-order valence-electron chi connectivity index (χ3n) is 6.21. The second-order valence-corrected chi connectivity index (χ2v) is 8.99. The molecule has 3 heterocycles. The SMILES string of the molecule is O=C(CCN1C(=S)N[C@H](c2ccccn2)[C@H]1c1ccc(-c2ccc([N+](=O)[O-])cc2)o1)Nc1ccccc1F. The number of benzene rings is 2. The standard InChI is InChI=1S/C27H22FN5O4S/c28-19-5-1-2-6-20(19)30-24(34)14-16-32-26(25(31-27(32)38)21-7-3-4-15-29-21)23-13-12-22(37-23)17-8-10-18(11-9-17)33(35)36/h1-13,15,25-26H,14,16H2,(H,30,34)(H,31,38)/t25-,26-/m1/s1. The van der Waals surface area contributed by atoms with Gasteiger partial charge in [0.05, 0.1) is 22.3 Å². The Labute approximate surface area is 222 Å². The van der Waals surface area contributed by atoms with Crippen molar-refractivity contribution in [1.29, 1.82) is 0 Å². The van der Waals surface area contributed by atoms with Crippen LogP contribution in [0.15, 0.2) is 89.5 Å². The van der Waals surface area contributed by atoms with Crippen LogP contribution in [0, 0.1) is 15.9 Å². The van der Waals surface area contributed by atoms with Gasteiger partial charge in [-0.25, -0.2) is 4.39 Å². The normalized spacial score (nSPS) is 16.8. The van der Waals surface area contributed by atoms with Crippen molar-refractivity contribution in [3.05, 3.63) is 112 Å². The number of furan rings is 1. The fraction of sp³-hybridized carbons (Fsp3) is 0.148. The summed E-state index contributed by atoms with van der Waals surface area (Å²) in [5, 5.41) is 17.3. The Hall–Kier alpha value is -4.64. The van der Waals surface area contributed by atoms with Crippen molar-refractivity contribution in [3.63, 3.8) is 0 Å².